The fourth-order valence-corrected chi connectivity index (χ4v) is 4.37. The first-order valence-corrected chi connectivity index (χ1v) is 16.8. The zero-order chi connectivity index (χ0) is 39.9. The lowest BCUT2D eigenvalue weighted by atomic mass is 10.0. The number of nitrogens with one attached hydrogen (secondary N) is 8. The molecule has 0 spiro atoms. The summed E-state index contributed by atoms with van der Waals surface area (Å²) in [5.74, 6) is -6.92. The molecular formula is C32H49N9O12. The molecule has 0 fully saturated rings. The van der Waals surface area contributed by atoms with Crippen molar-refractivity contribution in [1.82, 2.24) is 47.4 Å². The van der Waals surface area contributed by atoms with Crippen molar-refractivity contribution in [2.24, 2.45) is 5.92 Å². The smallest absolute Gasteiger partial charge is 0.254 e. The van der Waals surface area contributed by atoms with E-state index in [1.165, 1.54) is 14.0 Å². The Kier molecular flexibility index (Phi) is 20.9. The van der Waals surface area contributed by atoms with Crippen LogP contribution >= 0.6 is 0 Å². The number of ketones is 1. The van der Waals surface area contributed by atoms with E-state index < -0.39 is 103 Å². The Morgan fingerprint density at radius 3 is 1.87 bits per heavy atom. The van der Waals surface area contributed by atoms with Crippen LogP contribution in [0.4, 0.5) is 0 Å². The van der Waals surface area contributed by atoms with Crippen LogP contribution < -0.4 is 42.5 Å². The molecule has 0 aliphatic carbocycles. The Hall–Kier alpha value is -5.73. The third-order valence-electron chi connectivity index (χ3n) is 7.21. The van der Waals surface area contributed by atoms with Crippen molar-refractivity contribution in [2.45, 2.75) is 65.0 Å². The van der Waals surface area contributed by atoms with E-state index in [2.05, 4.69) is 42.5 Å². The maximum absolute atomic E-state index is 12.9. The Labute approximate surface area is 305 Å². The number of Topliss-reactive ketones (excluding diaryl/α,β-unsaturated/α-hetero) is 1. The summed E-state index contributed by atoms with van der Waals surface area (Å²) in [4.78, 5) is 134. The number of amides is 10. The minimum Gasteiger partial charge on any atom is -0.358 e. The minimum atomic E-state index is -1.45. The van der Waals surface area contributed by atoms with Gasteiger partial charge in [0.05, 0.1) is 26.1 Å². The average molecular weight is 752 g/mol. The van der Waals surface area contributed by atoms with Gasteiger partial charge in [0.2, 0.25) is 47.3 Å². The molecule has 0 saturated heterocycles. The van der Waals surface area contributed by atoms with Gasteiger partial charge in [-0.25, -0.2) is 0 Å². The molecule has 0 radical (unpaired) electrons. The van der Waals surface area contributed by atoms with Crippen molar-refractivity contribution in [3.63, 3.8) is 0 Å². The fraction of sp³-hybridized carbons (Fsp3) is 0.594. The number of likely N-dealkylation sites (N-methyl/N-ethyl adjacent to an activating group) is 1. The second kappa shape index (κ2) is 24.5. The van der Waals surface area contributed by atoms with Gasteiger partial charge >= 0.3 is 0 Å². The number of hydrogen-bond donors (Lipinski definition) is 8. The van der Waals surface area contributed by atoms with Gasteiger partial charge in [0.25, 0.3) is 11.8 Å². The van der Waals surface area contributed by atoms with Gasteiger partial charge in [-0.15, -0.1) is 0 Å². The molecule has 1 aliphatic heterocycles. The first-order chi connectivity index (χ1) is 25.0. The normalized spacial score (nSPS) is 13.0. The highest BCUT2D eigenvalue weighted by atomic mass is 16.5. The van der Waals surface area contributed by atoms with Crippen LogP contribution in [0.1, 0.15) is 52.9 Å². The number of nitrogens with zero attached hydrogens (tertiary/aromatic N) is 1. The predicted octanol–water partition coefficient (Wildman–Crippen LogP) is -4.62. The standard InChI is InChI=1S/C32H49N9O12/c1-19(2)30(32(52)38-15-25(46)39-18-53-17-27(48)37-14-24(45)33-4)40-26(47)16-36-22(43)8-6-12-35-31(51)21(41-28(49)9-10-29(41)50)13-23(44)34-11-5-7-20(3)42/h9-10,19,21,30H,5-8,11-18H2,1-4H3,(H,33,45)(H,34,44)(H,35,51)(H,36,43)(H,37,48)(H,38,52)(H,39,46)(H,40,47)/t21-,30-/m0/s1. The number of imide groups is 1. The molecule has 294 valence electrons. The molecule has 21 nitrogen and oxygen atoms in total. The number of carbonyl (C=O) groups excluding carboxylic acids is 11. The van der Waals surface area contributed by atoms with Gasteiger partial charge in [0.15, 0.2) is 0 Å². The summed E-state index contributed by atoms with van der Waals surface area (Å²) in [6.45, 7) is 2.87. The summed E-state index contributed by atoms with van der Waals surface area (Å²) in [5, 5.41) is 19.3. The maximum Gasteiger partial charge on any atom is 0.254 e. The lowest BCUT2D eigenvalue weighted by Crippen LogP contribution is -2.53. The number of hydrogen-bond acceptors (Lipinski definition) is 12. The molecule has 1 heterocycles. The van der Waals surface area contributed by atoms with Crippen molar-refractivity contribution >= 4 is 64.9 Å². The van der Waals surface area contributed by atoms with Crippen LogP contribution in [0, 0.1) is 5.92 Å². The summed E-state index contributed by atoms with van der Waals surface area (Å²) < 4.78 is 4.99. The molecule has 1 rings (SSSR count). The van der Waals surface area contributed by atoms with Gasteiger partial charge < -0.3 is 52.1 Å². The Morgan fingerprint density at radius 1 is 0.660 bits per heavy atom. The zero-order valence-corrected chi connectivity index (χ0v) is 30.2. The highest BCUT2D eigenvalue weighted by Gasteiger charge is 2.37. The lowest BCUT2D eigenvalue weighted by molar-refractivity contribution is -0.146. The van der Waals surface area contributed by atoms with Crippen LogP contribution in [0.15, 0.2) is 12.2 Å². The van der Waals surface area contributed by atoms with Crippen molar-refractivity contribution < 1.29 is 57.5 Å². The van der Waals surface area contributed by atoms with Gasteiger partial charge in [0, 0.05) is 45.1 Å². The fourth-order valence-electron chi connectivity index (χ4n) is 4.37. The summed E-state index contributed by atoms with van der Waals surface area (Å²) in [7, 11) is 1.41. The van der Waals surface area contributed by atoms with E-state index in [1.807, 2.05) is 0 Å². The molecule has 0 saturated carbocycles. The monoisotopic (exact) mass is 751 g/mol. The zero-order valence-electron chi connectivity index (χ0n) is 30.2. The molecule has 8 N–H and O–H groups in total. The summed E-state index contributed by atoms with van der Waals surface area (Å²) in [6, 6.07) is -2.50. The van der Waals surface area contributed by atoms with E-state index in [4.69, 9.17) is 4.74 Å². The quantitative estimate of drug-likeness (QED) is 0.0248. The summed E-state index contributed by atoms with van der Waals surface area (Å²) >= 11 is 0. The summed E-state index contributed by atoms with van der Waals surface area (Å²) in [6.07, 6.45) is 2.04. The van der Waals surface area contributed by atoms with E-state index >= 15 is 0 Å². The molecule has 0 aromatic heterocycles. The van der Waals surface area contributed by atoms with Gasteiger partial charge in [-0.1, -0.05) is 13.8 Å². The molecule has 10 amide bonds. The second-order valence-corrected chi connectivity index (χ2v) is 12.0. The SMILES string of the molecule is CNC(=O)CNC(=O)COCNC(=O)CNC(=O)[C@@H](NC(=O)CNC(=O)CCCNC(=O)[C@H](CC(=O)NCCCC(C)=O)N1C(=O)C=CC1=O)C(C)C. The first kappa shape index (κ1) is 45.3. The Balaban J connectivity index is 2.44. The van der Waals surface area contributed by atoms with Crippen molar-refractivity contribution in [1.29, 1.82) is 0 Å². The van der Waals surface area contributed by atoms with Crippen molar-refractivity contribution in [3.8, 4) is 0 Å². The van der Waals surface area contributed by atoms with Crippen LogP contribution in [0.3, 0.4) is 0 Å². The molecule has 21 heteroatoms. The van der Waals surface area contributed by atoms with Gasteiger partial charge in [-0.05, 0) is 25.7 Å². The van der Waals surface area contributed by atoms with E-state index in [-0.39, 0.29) is 51.4 Å². The van der Waals surface area contributed by atoms with Gasteiger partial charge in [-0.3, -0.25) is 52.8 Å². The summed E-state index contributed by atoms with van der Waals surface area (Å²) in [5.41, 5.74) is 0. The highest BCUT2D eigenvalue weighted by Crippen LogP contribution is 2.13. The molecule has 0 unspecified atom stereocenters. The minimum absolute atomic E-state index is 0.0545. The van der Waals surface area contributed by atoms with E-state index in [9.17, 15) is 52.7 Å². The second-order valence-electron chi connectivity index (χ2n) is 12.0. The topological polar surface area (TPSA) is 296 Å². The molecular weight excluding hydrogens is 702 g/mol. The van der Waals surface area contributed by atoms with Crippen LogP contribution in [-0.4, -0.2) is 135 Å². The molecule has 0 aromatic rings. The first-order valence-electron chi connectivity index (χ1n) is 16.8. The third kappa shape index (κ3) is 18.9. The van der Waals surface area contributed by atoms with E-state index in [0.29, 0.717) is 11.3 Å². The Morgan fingerprint density at radius 2 is 1.25 bits per heavy atom. The predicted molar refractivity (Wildman–Crippen MR) is 183 cm³/mol. The van der Waals surface area contributed by atoms with Crippen molar-refractivity contribution in [3.05, 3.63) is 12.2 Å². The van der Waals surface area contributed by atoms with Gasteiger partial charge in [0.1, 0.15) is 31.2 Å². The molecule has 2 atom stereocenters. The molecule has 53 heavy (non-hydrogen) atoms. The largest absolute Gasteiger partial charge is 0.358 e. The van der Waals surface area contributed by atoms with Crippen LogP contribution in [0.2, 0.25) is 0 Å². The average Bonchev–Trinajstić information content (AvgIpc) is 3.44. The Bertz CT molecular complexity index is 1400. The van der Waals surface area contributed by atoms with Gasteiger partial charge in [-0.2, -0.15) is 0 Å². The van der Waals surface area contributed by atoms with Crippen molar-refractivity contribution in [2.75, 3.05) is 53.1 Å². The lowest BCUT2D eigenvalue weighted by Gasteiger charge is -2.25. The third-order valence-corrected chi connectivity index (χ3v) is 7.21. The molecule has 0 bridgehead atoms. The maximum atomic E-state index is 12.9. The number of rotatable bonds is 25. The molecule has 1 aliphatic rings. The highest BCUT2D eigenvalue weighted by molar-refractivity contribution is 6.15. The van der Waals surface area contributed by atoms with Crippen LogP contribution in [0.25, 0.3) is 0 Å². The van der Waals surface area contributed by atoms with E-state index in [1.54, 1.807) is 13.8 Å². The number of ether oxygens (including phenoxy) is 1. The number of carbonyl (C=O) groups is 11. The van der Waals surface area contributed by atoms with E-state index in [0.717, 1.165) is 12.2 Å². The van der Waals surface area contributed by atoms with Crippen LogP contribution in [-0.2, 0) is 57.5 Å². The molecule has 0 aromatic carbocycles. The van der Waals surface area contributed by atoms with Crippen LogP contribution in [0.5, 0.6) is 0 Å².